The van der Waals surface area contributed by atoms with Crippen LogP contribution < -0.4 is 10.6 Å². The molecule has 5 nitrogen and oxygen atoms in total. The highest BCUT2D eigenvalue weighted by molar-refractivity contribution is 9.10. The molecule has 128 valence electrons. The molecule has 0 aliphatic carbocycles. The first-order valence-corrected chi connectivity index (χ1v) is 8.68. The molecule has 2 N–H and O–H groups in total. The molecule has 0 spiro atoms. The number of hydrogen-bond acceptors (Lipinski definition) is 4. The van der Waals surface area contributed by atoms with Crippen LogP contribution in [0, 0.1) is 0 Å². The number of rotatable bonds is 9. The van der Waals surface area contributed by atoms with Gasteiger partial charge in [-0.2, -0.15) is 0 Å². The van der Waals surface area contributed by atoms with E-state index in [0.717, 1.165) is 22.2 Å². The highest BCUT2D eigenvalue weighted by Gasteiger charge is 2.17. The van der Waals surface area contributed by atoms with Gasteiger partial charge in [-0.3, -0.25) is 9.79 Å². The number of amides is 1. The fourth-order valence-electron chi connectivity index (χ4n) is 2.27. The lowest BCUT2D eigenvalue weighted by Crippen LogP contribution is -2.44. The fourth-order valence-corrected chi connectivity index (χ4v) is 2.54. The van der Waals surface area contributed by atoms with Gasteiger partial charge in [-0.05, 0) is 38.2 Å². The van der Waals surface area contributed by atoms with Crippen molar-refractivity contribution < 1.29 is 4.79 Å². The van der Waals surface area contributed by atoms with Crippen LogP contribution in [0.5, 0.6) is 0 Å². The standard InChI is InChI=1S/C17H27BrN4O/c1-5-15(20-3)17(23)22(4)11-10-21-16(12-19-2)13-6-8-14(18)9-7-13/h6-9,15,19-20H,5,10-12H2,1-4H3. The van der Waals surface area contributed by atoms with Crippen LogP contribution in [0.3, 0.4) is 0 Å². The van der Waals surface area contributed by atoms with Crippen LogP contribution in [-0.4, -0.2) is 63.3 Å². The molecule has 23 heavy (non-hydrogen) atoms. The largest absolute Gasteiger partial charge is 0.343 e. The zero-order valence-corrected chi connectivity index (χ0v) is 16.0. The Morgan fingerprint density at radius 2 is 1.96 bits per heavy atom. The van der Waals surface area contributed by atoms with Crippen molar-refractivity contribution in [1.29, 1.82) is 0 Å². The highest BCUT2D eigenvalue weighted by Crippen LogP contribution is 2.11. The van der Waals surface area contributed by atoms with E-state index < -0.39 is 0 Å². The van der Waals surface area contributed by atoms with E-state index in [0.29, 0.717) is 19.6 Å². The predicted molar refractivity (Wildman–Crippen MR) is 100 cm³/mol. The Hall–Kier alpha value is -1.24. The van der Waals surface area contributed by atoms with Gasteiger partial charge in [0.15, 0.2) is 0 Å². The summed E-state index contributed by atoms with van der Waals surface area (Å²) in [5.74, 6) is 0.115. The van der Waals surface area contributed by atoms with Crippen LogP contribution in [0.15, 0.2) is 33.7 Å². The number of nitrogens with zero attached hydrogens (tertiary/aromatic N) is 2. The molecule has 1 unspecified atom stereocenters. The molecule has 0 aliphatic rings. The van der Waals surface area contributed by atoms with Crippen molar-refractivity contribution in [3.63, 3.8) is 0 Å². The molecule has 0 radical (unpaired) electrons. The van der Waals surface area contributed by atoms with Crippen molar-refractivity contribution in [3.05, 3.63) is 34.3 Å². The summed E-state index contributed by atoms with van der Waals surface area (Å²) < 4.78 is 1.05. The summed E-state index contributed by atoms with van der Waals surface area (Å²) in [4.78, 5) is 18.6. The van der Waals surface area contributed by atoms with Crippen LogP contribution in [0.2, 0.25) is 0 Å². The van der Waals surface area contributed by atoms with Crippen LogP contribution >= 0.6 is 15.9 Å². The molecule has 0 bridgehead atoms. The Morgan fingerprint density at radius 1 is 1.30 bits per heavy atom. The normalized spacial score (nSPS) is 13.0. The number of likely N-dealkylation sites (N-methyl/N-ethyl adjacent to an activating group) is 3. The molecule has 1 aromatic rings. The topological polar surface area (TPSA) is 56.7 Å². The lowest BCUT2D eigenvalue weighted by Gasteiger charge is -2.22. The number of hydrogen-bond donors (Lipinski definition) is 2. The summed E-state index contributed by atoms with van der Waals surface area (Å²) in [6.07, 6.45) is 0.785. The zero-order chi connectivity index (χ0) is 17.2. The Labute approximate surface area is 147 Å². The third kappa shape index (κ3) is 6.41. The van der Waals surface area contributed by atoms with Gasteiger partial charge < -0.3 is 15.5 Å². The second kappa shape index (κ2) is 10.5. The lowest BCUT2D eigenvalue weighted by atomic mass is 10.1. The van der Waals surface area contributed by atoms with E-state index in [-0.39, 0.29) is 11.9 Å². The van der Waals surface area contributed by atoms with E-state index in [9.17, 15) is 4.79 Å². The maximum absolute atomic E-state index is 12.2. The van der Waals surface area contributed by atoms with Crippen LogP contribution in [0.1, 0.15) is 18.9 Å². The number of carbonyl (C=O) groups is 1. The molecule has 0 heterocycles. The SMILES string of the molecule is CCC(NC)C(=O)N(C)CCN=C(CNC)c1ccc(Br)cc1. The second-order valence-electron chi connectivity index (χ2n) is 5.37. The van der Waals surface area contributed by atoms with Gasteiger partial charge in [0.1, 0.15) is 0 Å². The van der Waals surface area contributed by atoms with Gasteiger partial charge in [-0.1, -0.05) is 35.0 Å². The van der Waals surface area contributed by atoms with Crippen molar-refractivity contribution in [2.45, 2.75) is 19.4 Å². The van der Waals surface area contributed by atoms with Crippen molar-refractivity contribution >= 4 is 27.5 Å². The van der Waals surface area contributed by atoms with Gasteiger partial charge in [0.2, 0.25) is 5.91 Å². The van der Waals surface area contributed by atoms with Crippen LogP contribution in [-0.2, 0) is 4.79 Å². The molecular weight excluding hydrogens is 356 g/mol. The Morgan fingerprint density at radius 3 is 2.48 bits per heavy atom. The van der Waals surface area contributed by atoms with Gasteiger partial charge in [0.25, 0.3) is 0 Å². The summed E-state index contributed by atoms with van der Waals surface area (Å²) in [5.41, 5.74) is 2.10. The number of halogens is 1. The van der Waals surface area contributed by atoms with Gasteiger partial charge in [0, 0.05) is 24.6 Å². The Bertz CT molecular complexity index is 512. The third-order valence-electron chi connectivity index (χ3n) is 3.69. The Kier molecular flexibility index (Phi) is 9.06. The summed E-state index contributed by atoms with van der Waals surface area (Å²) in [6.45, 7) is 3.91. The maximum Gasteiger partial charge on any atom is 0.239 e. The van der Waals surface area contributed by atoms with Gasteiger partial charge in [-0.25, -0.2) is 0 Å². The van der Waals surface area contributed by atoms with Gasteiger partial charge >= 0.3 is 0 Å². The molecule has 0 aromatic heterocycles. The third-order valence-corrected chi connectivity index (χ3v) is 4.22. The molecular formula is C17H27BrN4O. The van der Waals surface area contributed by atoms with E-state index in [1.165, 1.54) is 0 Å². The summed E-state index contributed by atoms with van der Waals surface area (Å²) in [5, 5.41) is 6.19. The molecule has 1 amide bonds. The summed E-state index contributed by atoms with van der Waals surface area (Å²) in [7, 11) is 5.55. The molecule has 6 heteroatoms. The molecule has 0 saturated heterocycles. The number of aliphatic imine (C=N–C) groups is 1. The molecule has 0 fully saturated rings. The lowest BCUT2D eigenvalue weighted by molar-refractivity contribution is -0.131. The molecule has 0 aliphatic heterocycles. The monoisotopic (exact) mass is 382 g/mol. The second-order valence-corrected chi connectivity index (χ2v) is 6.29. The molecule has 0 saturated carbocycles. The summed E-state index contributed by atoms with van der Waals surface area (Å²) in [6, 6.07) is 7.99. The summed E-state index contributed by atoms with van der Waals surface area (Å²) >= 11 is 3.44. The first-order valence-electron chi connectivity index (χ1n) is 7.89. The van der Waals surface area contributed by atoms with E-state index in [1.807, 2.05) is 52.3 Å². The quantitative estimate of drug-likeness (QED) is 0.641. The fraction of sp³-hybridized carbons (Fsp3) is 0.529. The zero-order valence-electron chi connectivity index (χ0n) is 14.4. The van der Waals surface area contributed by atoms with Crippen LogP contribution in [0.25, 0.3) is 0 Å². The van der Waals surface area contributed by atoms with Crippen molar-refractivity contribution in [2.24, 2.45) is 4.99 Å². The molecule has 1 atom stereocenters. The van der Waals surface area contributed by atoms with Crippen molar-refractivity contribution in [2.75, 3.05) is 40.8 Å². The van der Waals surface area contributed by atoms with Gasteiger partial charge in [0.05, 0.1) is 18.3 Å². The van der Waals surface area contributed by atoms with E-state index in [4.69, 9.17) is 0 Å². The number of nitrogens with one attached hydrogen (secondary N) is 2. The average molecular weight is 383 g/mol. The first kappa shape index (κ1) is 19.8. The number of benzene rings is 1. The van der Waals surface area contributed by atoms with E-state index in [1.54, 1.807) is 4.90 Å². The smallest absolute Gasteiger partial charge is 0.239 e. The Balaban J connectivity index is 2.67. The van der Waals surface area contributed by atoms with Crippen molar-refractivity contribution in [3.8, 4) is 0 Å². The average Bonchev–Trinajstić information content (AvgIpc) is 2.55. The minimum absolute atomic E-state index is 0.115. The minimum atomic E-state index is -0.118. The predicted octanol–water partition coefficient (Wildman–Crippen LogP) is 1.91. The van der Waals surface area contributed by atoms with Crippen LogP contribution in [0.4, 0.5) is 0 Å². The van der Waals surface area contributed by atoms with E-state index in [2.05, 4.69) is 31.6 Å². The number of carbonyl (C=O) groups excluding carboxylic acids is 1. The van der Waals surface area contributed by atoms with Crippen molar-refractivity contribution in [1.82, 2.24) is 15.5 Å². The molecule has 1 aromatic carbocycles. The minimum Gasteiger partial charge on any atom is -0.343 e. The maximum atomic E-state index is 12.2. The first-order chi connectivity index (χ1) is 11.0. The molecule has 1 rings (SSSR count). The highest BCUT2D eigenvalue weighted by atomic mass is 79.9. The van der Waals surface area contributed by atoms with E-state index >= 15 is 0 Å². The van der Waals surface area contributed by atoms with Gasteiger partial charge in [-0.15, -0.1) is 0 Å².